The van der Waals surface area contributed by atoms with Gasteiger partial charge in [-0.1, -0.05) is 17.7 Å². The van der Waals surface area contributed by atoms with Crippen molar-refractivity contribution in [2.24, 2.45) is 0 Å². The molecular weight excluding hydrogens is 305 g/mol. The number of rotatable bonds is 3. The summed E-state index contributed by atoms with van der Waals surface area (Å²) in [7, 11) is 0. The molecule has 1 atom stereocenters. The molecule has 0 saturated carbocycles. The Bertz CT molecular complexity index is 512. The first-order valence-electron chi connectivity index (χ1n) is 5.14. The zero-order valence-electron chi connectivity index (χ0n) is 9.14. The highest BCUT2D eigenvalue weighted by atomic mass is 79.9. The normalized spacial score (nSPS) is 12.7. The molecule has 0 aromatic carbocycles. The van der Waals surface area contributed by atoms with E-state index in [9.17, 15) is 5.11 Å². The molecule has 0 spiro atoms. The maximum Gasteiger partial charge on any atom is 0.129 e. The largest absolute Gasteiger partial charge is 0.382 e. The van der Waals surface area contributed by atoms with E-state index in [1.54, 1.807) is 29.2 Å². The number of pyridine rings is 1. The molecule has 2 rings (SSSR count). The number of aliphatic hydroxyl groups is 1. The van der Waals surface area contributed by atoms with Gasteiger partial charge in [0, 0.05) is 18.3 Å². The first-order chi connectivity index (χ1) is 8.13. The van der Waals surface area contributed by atoms with E-state index in [-0.39, 0.29) is 0 Å². The van der Waals surface area contributed by atoms with Crippen LogP contribution in [0, 0.1) is 0 Å². The fourth-order valence-electron chi connectivity index (χ4n) is 1.60. The third kappa shape index (κ3) is 2.51. The van der Waals surface area contributed by atoms with Crippen LogP contribution >= 0.6 is 27.5 Å². The molecule has 0 aliphatic heterocycles. The summed E-state index contributed by atoms with van der Waals surface area (Å²) in [5.74, 6) is 0. The van der Waals surface area contributed by atoms with Crippen LogP contribution in [0.4, 0.5) is 0 Å². The van der Waals surface area contributed by atoms with Gasteiger partial charge in [0.15, 0.2) is 0 Å². The minimum Gasteiger partial charge on any atom is -0.382 e. The quantitative estimate of drug-likeness (QED) is 0.886. The third-order valence-corrected chi connectivity index (χ3v) is 3.29. The van der Waals surface area contributed by atoms with E-state index in [0.29, 0.717) is 17.3 Å². The molecule has 6 heteroatoms. The number of aromatic nitrogens is 3. The zero-order valence-corrected chi connectivity index (χ0v) is 11.5. The fraction of sp³-hybridized carbons (Fsp3) is 0.273. The summed E-state index contributed by atoms with van der Waals surface area (Å²) in [5.41, 5.74) is 1.40. The summed E-state index contributed by atoms with van der Waals surface area (Å²) in [6.07, 6.45) is 2.47. The minimum absolute atomic E-state index is 0.406. The Labute approximate surface area is 112 Å². The molecule has 17 heavy (non-hydrogen) atoms. The van der Waals surface area contributed by atoms with Crippen LogP contribution in [0.5, 0.6) is 0 Å². The lowest BCUT2D eigenvalue weighted by molar-refractivity contribution is 0.207. The molecule has 2 aromatic heterocycles. The van der Waals surface area contributed by atoms with Crippen LogP contribution in [0.2, 0.25) is 5.15 Å². The molecule has 0 saturated heterocycles. The van der Waals surface area contributed by atoms with Gasteiger partial charge in [-0.15, -0.1) is 0 Å². The number of halogens is 2. The van der Waals surface area contributed by atoms with Gasteiger partial charge in [-0.25, -0.2) is 4.98 Å². The number of hydrogen-bond donors (Lipinski definition) is 1. The van der Waals surface area contributed by atoms with Gasteiger partial charge >= 0.3 is 0 Å². The van der Waals surface area contributed by atoms with Gasteiger partial charge in [0.25, 0.3) is 0 Å². The Morgan fingerprint density at radius 3 is 2.82 bits per heavy atom. The number of aryl methyl sites for hydroxylation is 1. The molecule has 0 aliphatic carbocycles. The molecule has 1 N–H and O–H groups in total. The average molecular weight is 317 g/mol. The predicted octanol–water partition coefficient (Wildman–Crippen LogP) is 2.80. The van der Waals surface area contributed by atoms with Crippen molar-refractivity contribution in [1.29, 1.82) is 0 Å². The Kier molecular flexibility index (Phi) is 3.81. The molecule has 2 aromatic rings. The molecule has 0 radical (unpaired) electrons. The van der Waals surface area contributed by atoms with Gasteiger partial charge in [0.2, 0.25) is 0 Å². The maximum atomic E-state index is 10.3. The van der Waals surface area contributed by atoms with E-state index in [1.807, 2.05) is 6.92 Å². The highest BCUT2D eigenvalue weighted by Crippen LogP contribution is 2.28. The average Bonchev–Trinajstić information content (AvgIpc) is 2.70. The lowest BCUT2D eigenvalue weighted by Crippen LogP contribution is -2.09. The molecule has 0 fully saturated rings. The van der Waals surface area contributed by atoms with Gasteiger partial charge in [-0.2, -0.15) is 5.10 Å². The first-order valence-corrected chi connectivity index (χ1v) is 6.31. The van der Waals surface area contributed by atoms with Crippen molar-refractivity contribution in [3.63, 3.8) is 0 Å². The van der Waals surface area contributed by atoms with Crippen molar-refractivity contribution in [2.45, 2.75) is 19.6 Å². The van der Waals surface area contributed by atoms with E-state index < -0.39 is 6.10 Å². The number of hydrogen-bond acceptors (Lipinski definition) is 3. The molecule has 90 valence electrons. The van der Waals surface area contributed by atoms with E-state index >= 15 is 0 Å². The molecule has 0 amide bonds. The molecule has 1 unspecified atom stereocenters. The van der Waals surface area contributed by atoms with Gasteiger partial charge in [0.05, 0.1) is 16.4 Å². The molecule has 4 nitrogen and oxygen atoms in total. The van der Waals surface area contributed by atoms with Crippen molar-refractivity contribution in [1.82, 2.24) is 14.8 Å². The van der Waals surface area contributed by atoms with Crippen LogP contribution in [0.15, 0.2) is 29.0 Å². The smallest absolute Gasteiger partial charge is 0.129 e. The SMILES string of the molecule is CCn1ncc(Br)c1C(O)c1ccc(Cl)nc1. The van der Waals surface area contributed by atoms with Crippen molar-refractivity contribution in [3.8, 4) is 0 Å². The van der Waals surface area contributed by atoms with Crippen LogP contribution in [0.3, 0.4) is 0 Å². The minimum atomic E-state index is -0.767. The van der Waals surface area contributed by atoms with Crippen molar-refractivity contribution in [3.05, 3.63) is 45.4 Å². The molecular formula is C11H11BrClN3O. The third-order valence-electron chi connectivity index (χ3n) is 2.46. The molecule has 0 aliphatic rings. The first kappa shape index (κ1) is 12.5. The Balaban J connectivity index is 2.39. The monoisotopic (exact) mass is 315 g/mol. The van der Waals surface area contributed by atoms with Gasteiger partial charge in [-0.05, 0) is 28.9 Å². The van der Waals surface area contributed by atoms with E-state index in [1.165, 1.54) is 0 Å². The van der Waals surface area contributed by atoms with E-state index in [4.69, 9.17) is 11.6 Å². The Hall–Kier alpha value is -0.910. The van der Waals surface area contributed by atoms with Crippen LogP contribution in [-0.4, -0.2) is 19.9 Å². The Morgan fingerprint density at radius 1 is 1.47 bits per heavy atom. The van der Waals surface area contributed by atoms with Gasteiger partial charge in [-0.3, -0.25) is 4.68 Å². The van der Waals surface area contributed by atoms with Crippen molar-refractivity contribution in [2.75, 3.05) is 0 Å². The van der Waals surface area contributed by atoms with E-state index in [0.717, 1.165) is 10.2 Å². The summed E-state index contributed by atoms with van der Waals surface area (Å²) in [5, 5.41) is 14.9. The topological polar surface area (TPSA) is 50.9 Å². The lowest BCUT2D eigenvalue weighted by atomic mass is 10.1. The summed E-state index contributed by atoms with van der Waals surface area (Å²) >= 11 is 9.09. The maximum absolute atomic E-state index is 10.3. The van der Waals surface area contributed by atoms with Crippen LogP contribution < -0.4 is 0 Å². The second kappa shape index (κ2) is 5.16. The Morgan fingerprint density at radius 2 is 2.24 bits per heavy atom. The van der Waals surface area contributed by atoms with Gasteiger partial charge in [0.1, 0.15) is 11.3 Å². The second-order valence-corrected chi connectivity index (χ2v) is 4.75. The van der Waals surface area contributed by atoms with Crippen LogP contribution in [0.1, 0.15) is 24.3 Å². The van der Waals surface area contributed by atoms with Crippen molar-refractivity contribution >= 4 is 27.5 Å². The fourth-order valence-corrected chi connectivity index (χ4v) is 2.23. The summed E-state index contributed by atoms with van der Waals surface area (Å²) in [4.78, 5) is 3.96. The van der Waals surface area contributed by atoms with Crippen LogP contribution in [0.25, 0.3) is 0 Å². The van der Waals surface area contributed by atoms with Crippen LogP contribution in [-0.2, 0) is 6.54 Å². The molecule has 0 bridgehead atoms. The molecule has 2 heterocycles. The van der Waals surface area contributed by atoms with E-state index in [2.05, 4.69) is 26.0 Å². The van der Waals surface area contributed by atoms with Gasteiger partial charge < -0.3 is 5.11 Å². The standard InChI is InChI=1S/C11H11BrClN3O/c1-2-16-10(8(12)6-15-16)11(17)7-3-4-9(13)14-5-7/h3-6,11,17H,2H2,1H3. The predicted molar refractivity (Wildman–Crippen MR) is 68.9 cm³/mol. The van der Waals surface area contributed by atoms with Crippen molar-refractivity contribution < 1.29 is 5.11 Å². The summed E-state index contributed by atoms with van der Waals surface area (Å²) in [6, 6.07) is 3.40. The number of aliphatic hydroxyl groups excluding tert-OH is 1. The lowest BCUT2D eigenvalue weighted by Gasteiger charge is -2.13. The number of nitrogens with zero attached hydrogens (tertiary/aromatic N) is 3. The highest BCUT2D eigenvalue weighted by Gasteiger charge is 2.19. The second-order valence-electron chi connectivity index (χ2n) is 3.51. The summed E-state index contributed by atoms with van der Waals surface area (Å²) < 4.78 is 2.52. The zero-order chi connectivity index (χ0) is 12.4. The summed E-state index contributed by atoms with van der Waals surface area (Å²) in [6.45, 7) is 2.66. The highest BCUT2D eigenvalue weighted by molar-refractivity contribution is 9.10.